The van der Waals surface area contributed by atoms with E-state index in [1.807, 2.05) is 44.2 Å². The topological polar surface area (TPSA) is 92.3 Å². The number of sulfone groups is 1. The van der Waals surface area contributed by atoms with Gasteiger partial charge in [-0.3, -0.25) is 4.79 Å². The maximum atomic E-state index is 13.0. The second-order valence-corrected chi connectivity index (χ2v) is 11.0. The smallest absolute Gasteiger partial charge is 0.237 e. The lowest BCUT2D eigenvalue weighted by Gasteiger charge is -2.28. The molecule has 0 unspecified atom stereocenters. The van der Waals surface area contributed by atoms with Crippen molar-refractivity contribution in [1.82, 2.24) is 10.2 Å². The lowest BCUT2D eigenvalue weighted by Crippen LogP contribution is -2.42. The predicted molar refractivity (Wildman–Crippen MR) is 110 cm³/mol. The number of carbonyl (C=O) groups is 1. The van der Waals surface area contributed by atoms with Gasteiger partial charge in [-0.1, -0.05) is 41.3 Å². The summed E-state index contributed by atoms with van der Waals surface area (Å²) in [7, 11) is -3.09. The van der Waals surface area contributed by atoms with E-state index in [2.05, 4.69) is 15.5 Å². The van der Waals surface area contributed by atoms with Crippen molar-refractivity contribution in [3.8, 4) is 0 Å². The van der Waals surface area contributed by atoms with Gasteiger partial charge < -0.3 is 10.2 Å². The third-order valence-corrected chi connectivity index (χ3v) is 7.74. The first kappa shape index (κ1) is 20.1. The van der Waals surface area contributed by atoms with Crippen LogP contribution in [0.3, 0.4) is 0 Å². The number of thioether (sulfide) groups is 1. The van der Waals surface area contributed by atoms with Crippen LogP contribution in [0.5, 0.6) is 0 Å². The van der Waals surface area contributed by atoms with E-state index >= 15 is 0 Å². The highest BCUT2D eigenvalue weighted by Gasteiger charge is 2.35. The van der Waals surface area contributed by atoms with E-state index < -0.39 is 9.84 Å². The first-order chi connectivity index (χ1) is 12.8. The summed E-state index contributed by atoms with van der Waals surface area (Å²) in [6.45, 7) is 4.04. The summed E-state index contributed by atoms with van der Waals surface area (Å²) in [6, 6.07) is 9.18. The molecule has 0 spiro atoms. The van der Waals surface area contributed by atoms with Crippen molar-refractivity contribution in [3.63, 3.8) is 0 Å². The van der Waals surface area contributed by atoms with E-state index in [0.29, 0.717) is 10.8 Å². The number of aromatic nitrogens is 2. The summed E-state index contributed by atoms with van der Waals surface area (Å²) >= 11 is 2.73. The molecule has 1 fully saturated rings. The Kier molecular flexibility index (Phi) is 6.38. The lowest BCUT2D eigenvalue weighted by molar-refractivity contribution is -0.116. The average molecular weight is 427 g/mol. The van der Waals surface area contributed by atoms with Crippen molar-refractivity contribution in [2.75, 3.05) is 27.5 Å². The second kappa shape index (κ2) is 8.57. The fraction of sp³-hybridized carbons (Fsp3) is 0.471. The number of para-hydroxylation sites is 1. The number of benzene rings is 1. The van der Waals surface area contributed by atoms with Crippen LogP contribution < -0.4 is 10.2 Å². The lowest BCUT2D eigenvalue weighted by atomic mass is 10.2. The third-order valence-electron chi connectivity index (χ3n) is 4.01. The van der Waals surface area contributed by atoms with Crippen LogP contribution in [0.1, 0.15) is 20.3 Å². The Hall–Kier alpha value is -1.65. The van der Waals surface area contributed by atoms with Crippen LogP contribution in [0.15, 0.2) is 34.7 Å². The minimum Gasteiger partial charge on any atom is -0.358 e. The van der Waals surface area contributed by atoms with Crippen LogP contribution in [0.4, 0.5) is 10.8 Å². The summed E-state index contributed by atoms with van der Waals surface area (Å²) in [6.07, 6.45) is 0.467. The van der Waals surface area contributed by atoms with Crippen molar-refractivity contribution in [2.45, 2.75) is 36.7 Å². The van der Waals surface area contributed by atoms with Gasteiger partial charge in [0.15, 0.2) is 14.2 Å². The van der Waals surface area contributed by atoms with Gasteiger partial charge in [0.25, 0.3) is 0 Å². The van der Waals surface area contributed by atoms with Gasteiger partial charge in [0, 0.05) is 11.7 Å². The molecule has 0 aliphatic carbocycles. The number of amides is 1. The number of nitrogens with zero attached hydrogens (tertiary/aromatic N) is 3. The highest BCUT2D eigenvalue weighted by Crippen LogP contribution is 2.29. The molecule has 27 heavy (non-hydrogen) atoms. The molecule has 1 aromatic carbocycles. The Morgan fingerprint density at radius 3 is 2.70 bits per heavy atom. The normalized spacial score (nSPS) is 18.6. The molecule has 1 aromatic heterocycles. The molecule has 2 aromatic rings. The quantitative estimate of drug-likeness (QED) is 0.681. The summed E-state index contributed by atoms with van der Waals surface area (Å²) in [4.78, 5) is 14.6. The molecule has 1 atom stereocenters. The minimum atomic E-state index is -3.09. The minimum absolute atomic E-state index is 0.0135. The molecule has 0 saturated carbocycles. The second-order valence-electron chi connectivity index (χ2n) is 6.62. The zero-order valence-corrected chi connectivity index (χ0v) is 17.6. The molecule has 1 N–H and O–H groups in total. The van der Waals surface area contributed by atoms with Gasteiger partial charge in [-0.05, 0) is 32.4 Å². The SMILES string of the molecule is CC(C)Nc1nnc(SCC(=O)N(c2ccccc2)[C@@H]2CCS(=O)(=O)C2)s1. The molecular weight excluding hydrogens is 404 g/mol. The maximum absolute atomic E-state index is 13.0. The van der Waals surface area contributed by atoms with Crippen molar-refractivity contribution < 1.29 is 13.2 Å². The van der Waals surface area contributed by atoms with Crippen molar-refractivity contribution in [3.05, 3.63) is 30.3 Å². The van der Waals surface area contributed by atoms with Gasteiger partial charge in [0.05, 0.1) is 23.3 Å². The van der Waals surface area contributed by atoms with Crippen LogP contribution in [0, 0.1) is 0 Å². The number of rotatable bonds is 7. The predicted octanol–water partition coefficient (Wildman–Crippen LogP) is 2.67. The molecule has 146 valence electrons. The average Bonchev–Trinajstić information content (AvgIpc) is 3.20. The molecule has 2 heterocycles. The number of anilines is 2. The molecule has 1 saturated heterocycles. The van der Waals surface area contributed by atoms with Crippen molar-refractivity contribution in [2.24, 2.45) is 0 Å². The van der Waals surface area contributed by atoms with Crippen molar-refractivity contribution in [1.29, 1.82) is 0 Å². The van der Waals surface area contributed by atoms with Crippen LogP contribution in [-0.2, 0) is 14.6 Å². The summed E-state index contributed by atoms with van der Waals surface area (Å²) in [5, 5.41) is 12.1. The molecule has 7 nitrogen and oxygen atoms in total. The van der Waals surface area contributed by atoms with Gasteiger partial charge in [-0.2, -0.15) is 0 Å². The molecular formula is C17H22N4O3S3. The fourth-order valence-electron chi connectivity index (χ4n) is 2.89. The first-order valence-electron chi connectivity index (χ1n) is 8.64. The van der Waals surface area contributed by atoms with E-state index in [4.69, 9.17) is 0 Å². The first-order valence-corrected chi connectivity index (χ1v) is 12.3. The third kappa shape index (κ3) is 5.43. The van der Waals surface area contributed by atoms with Crippen molar-refractivity contribution >= 4 is 49.7 Å². The Bertz CT molecular complexity index is 884. The fourth-order valence-corrected chi connectivity index (χ4v) is 6.35. The molecule has 10 heteroatoms. The largest absolute Gasteiger partial charge is 0.358 e. The van der Waals surface area contributed by atoms with Crippen LogP contribution in [0.25, 0.3) is 0 Å². The maximum Gasteiger partial charge on any atom is 0.237 e. The number of nitrogens with one attached hydrogen (secondary N) is 1. The van der Waals surface area contributed by atoms with Gasteiger partial charge in [0.1, 0.15) is 0 Å². The Balaban J connectivity index is 1.71. The molecule has 1 amide bonds. The van der Waals surface area contributed by atoms with Gasteiger partial charge in [-0.15, -0.1) is 10.2 Å². The Morgan fingerprint density at radius 2 is 2.07 bits per heavy atom. The molecule has 1 aliphatic heterocycles. The molecule has 1 aliphatic rings. The number of carbonyl (C=O) groups excluding carboxylic acids is 1. The van der Waals surface area contributed by atoms with Gasteiger partial charge in [-0.25, -0.2) is 8.42 Å². The monoisotopic (exact) mass is 426 g/mol. The molecule has 0 bridgehead atoms. The van der Waals surface area contributed by atoms with E-state index in [-0.39, 0.29) is 35.2 Å². The summed E-state index contributed by atoms with van der Waals surface area (Å²) < 4.78 is 24.5. The highest BCUT2D eigenvalue weighted by atomic mass is 32.2. The number of hydrogen-bond donors (Lipinski definition) is 1. The zero-order chi connectivity index (χ0) is 19.4. The molecule has 3 rings (SSSR count). The Labute approximate surface area is 167 Å². The Morgan fingerprint density at radius 1 is 1.33 bits per heavy atom. The standard InChI is InChI=1S/C17H22N4O3S3/c1-12(2)18-16-19-20-17(26-16)25-10-15(22)21(13-6-4-3-5-7-13)14-8-9-27(23,24)11-14/h3-7,12,14H,8-11H2,1-2H3,(H,18,19)/t14-/m1/s1. The van der Waals surface area contributed by atoms with E-state index in [1.54, 1.807) is 4.90 Å². The molecule has 0 radical (unpaired) electrons. The van der Waals surface area contributed by atoms with Crippen LogP contribution >= 0.6 is 23.1 Å². The summed E-state index contributed by atoms with van der Waals surface area (Å²) in [5.74, 6) is 0.200. The highest BCUT2D eigenvalue weighted by molar-refractivity contribution is 8.01. The van der Waals surface area contributed by atoms with E-state index in [1.165, 1.54) is 23.1 Å². The van der Waals surface area contributed by atoms with Crippen LogP contribution in [0.2, 0.25) is 0 Å². The zero-order valence-electron chi connectivity index (χ0n) is 15.2. The van der Waals surface area contributed by atoms with E-state index in [9.17, 15) is 13.2 Å². The van der Waals surface area contributed by atoms with Gasteiger partial charge >= 0.3 is 0 Å². The summed E-state index contributed by atoms with van der Waals surface area (Å²) in [5.41, 5.74) is 0.727. The van der Waals surface area contributed by atoms with Gasteiger partial charge in [0.2, 0.25) is 11.0 Å². The van der Waals surface area contributed by atoms with Crippen LogP contribution in [-0.4, -0.2) is 53.9 Å². The number of hydrogen-bond acceptors (Lipinski definition) is 8. The van der Waals surface area contributed by atoms with E-state index in [0.717, 1.165) is 10.8 Å².